The molecule has 0 unspecified atom stereocenters. The summed E-state index contributed by atoms with van der Waals surface area (Å²) in [6.07, 6.45) is 1.97. The Labute approximate surface area is 116 Å². The lowest BCUT2D eigenvalue weighted by Gasteiger charge is -2.38. The van der Waals surface area contributed by atoms with E-state index in [1.165, 1.54) is 0 Å². The molecule has 0 spiro atoms. The van der Waals surface area contributed by atoms with Crippen LogP contribution in [-0.4, -0.2) is 55.8 Å². The van der Waals surface area contributed by atoms with Crippen LogP contribution < -0.4 is 5.32 Å². The van der Waals surface area contributed by atoms with E-state index in [0.717, 1.165) is 25.9 Å². The largest absolute Gasteiger partial charge is 0.314 e. The van der Waals surface area contributed by atoms with Gasteiger partial charge in [0.05, 0.1) is 0 Å². The van der Waals surface area contributed by atoms with Crippen LogP contribution in [0.2, 0.25) is 0 Å². The van der Waals surface area contributed by atoms with Crippen LogP contribution in [0.5, 0.6) is 0 Å². The van der Waals surface area contributed by atoms with Crippen molar-refractivity contribution >= 4 is 22.6 Å². The van der Waals surface area contributed by atoms with Crippen molar-refractivity contribution in [2.24, 2.45) is 5.92 Å². The Morgan fingerprint density at radius 1 is 1.11 bits per heavy atom. The Morgan fingerprint density at radius 3 is 2.28 bits per heavy atom. The van der Waals surface area contributed by atoms with Gasteiger partial charge in [0.1, 0.15) is 0 Å². The van der Waals surface area contributed by atoms with Gasteiger partial charge < -0.3 is 5.32 Å². The average molecular weight is 298 g/mol. The van der Waals surface area contributed by atoms with Crippen molar-refractivity contribution in [2.75, 3.05) is 32.7 Å². The molecule has 0 aliphatic carbocycles. The maximum Gasteiger partial charge on any atom is 0.282 e. The summed E-state index contributed by atoms with van der Waals surface area (Å²) in [4.78, 5) is 0. The van der Waals surface area contributed by atoms with Gasteiger partial charge in [-0.3, -0.25) is 0 Å². The summed E-state index contributed by atoms with van der Waals surface area (Å²) >= 11 is 0. The van der Waals surface area contributed by atoms with E-state index >= 15 is 0 Å². The monoisotopic (exact) mass is 297 g/mol. The molecule has 2 aliphatic heterocycles. The summed E-state index contributed by atoms with van der Waals surface area (Å²) < 4.78 is 28.3. The standard InChI is InChI=1S/C11H23N3O2S.ClH/c1-10-3-6-13(7-4-10)17(15,16)14-8-5-12-9-11(14)2;/h10-12H,3-9H2,1-2H3;1H/t11-;/m0./s1. The number of halogens is 1. The molecule has 0 amide bonds. The fourth-order valence-corrected chi connectivity index (χ4v) is 4.35. The van der Waals surface area contributed by atoms with Crippen LogP contribution in [0.25, 0.3) is 0 Å². The van der Waals surface area contributed by atoms with Crippen LogP contribution in [0.1, 0.15) is 26.7 Å². The predicted octanol–water partition coefficient (Wildman–Crippen LogP) is 0.679. The van der Waals surface area contributed by atoms with Crippen molar-refractivity contribution in [1.82, 2.24) is 13.9 Å². The minimum Gasteiger partial charge on any atom is -0.314 e. The van der Waals surface area contributed by atoms with Gasteiger partial charge in [-0.05, 0) is 25.7 Å². The van der Waals surface area contributed by atoms with Crippen LogP contribution in [0, 0.1) is 5.92 Å². The van der Waals surface area contributed by atoms with Gasteiger partial charge in [-0.1, -0.05) is 6.92 Å². The molecule has 7 heteroatoms. The number of nitrogens with zero attached hydrogens (tertiary/aromatic N) is 2. The molecule has 0 aromatic rings. The summed E-state index contributed by atoms with van der Waals surface area (Å²) in [5.41, 5.74) is 0. The first-order valence-electron chi connectivity index (χ1n) is 6.49. The molecular weight excluding hydrogens is 274 g/mol. The molecule has 0 aromatic carbocycles. The van der Waals surface area contributed by atoms with Crippen molar-refractivity contribution < 1.29 is 8.42 Å². The third kappa shape index (κ3) is 3.36. The van der Waals surface area contributed by atoms with E-state index in [4.69, 9.17) is 0 Å². The molecule has 2 aliphatic rings. The van der Waals surface area contributed by atoms with Gasteiger partial charge in [-0.25, -0.2) is 0 Å². The van der Waals surface area contributed by atoms with Crippen LogP contribution in [-0.2, 0) is 10.2 Å². The first kappa shape index (κ1) is 16.2. The molecule has 18 heavy (non-hydrogen) atoms. The van der Waals surface area contributed by atoms with E-state index in [1.807, 2.05) is 6.92 Å². The molecule has 108 valence electrons. The Balaban J connectivity index is 0.00000162. The lowest BCUT2D eigenvalue weighted by atomic mass is 10.0. The number of rotatable bonds is 2. The maximum absolute atomic E-state index is 12.5. The normalized spacial score (nSPS) is 28.9. The van der Waals surface area contributed by atoms with Crippen LogP contribution in [0.15, 0.2) is 0 Å². The SMILES string of the molecule is CC1CCN(S(=O)(=O)N2CCNC[C@@H]2C)CC1.Cl. The molecule has 0 saturated carbocycles. The van der Waals surface area contributed by atoms with Crippen LogP contribution in [0.3, 0.4) is 0 Å². The number of nitrogens with one attached hydrogen (secondary N) is 1. The van der Waals surface area contributed by atoms with Crippen molar-refractivity contribution in [3.63, 3.8) is 0 Å². The fourth-order valence-electron chi connectivity index (χ4n) is 2.53. The molecular formula is C11H24ClN3O2S. The molecule has 2 saturated heterocycles. The summed E-state index contributed by atoms with van der Waals surface area (Å²) in [5, 5.41) is 3.22. The van der Waals surface area contributed by atoms with Gasteiger partial charge in [0, 0.05) is 38.8 Å². The van der Waals surface area contributed by atoms with Crippen molar-refractivity contribution in [1.29, 1.82) is 0 Å². The van der Waals surface area contributed by atoms with E-state index in [-0.39, 0.29) is 18.4 Å². The molecule has 5 nitrogen and oxygen atoms in total. The Hall–Kier alpha value is 0.120. The van der Waals surface area contributed by atoms with E-state index in [0.29, 0.717) is 25.6 Å². The number of hydrogen-bond donors (Lipinski definition) is 1. The van der Waals surface area contributed by atoms with Gasteiger partial charge in [-0.15, -0.1) is 12.4 Å². The van der Waals surface area contributed by atoms with E-state index in [9.17, 15) is 8.42 Å². The maximum atomic E-state index is 12.5. The van der Waals surface area contributed by atoms with Gasteiger partial charge in [0.25, 0.3) is 10.2 Å². The summed E-state index contributed by atoms with van der Waals surface area (Å²) in [6.45, 7) is 7.63. The molecule has 2 fully saturated rings. The quantitative estimate of drug-likeness (QED) is 0.815. The Morgan fingerprint density at radius 2 is 1.72 bits per heavy atom. The van der Waals surface area contributed by atoms with E-state index < -0.39 is 10.2 Å². The van der Waals surface area contributed by atoms with E-state index in [1.54, 1.807) is 8.61 Å². The van der Waals surface area contributed by atoms with Gasteiger partial charge in [-0.2, -0.15) is 17.0 Å². The van der Waals surface area contributed by atoms with Crippen molar-refractivity contribution in [3.8, 4) is 0 Å². The van der Waals surface area contributed by atoms with Gasteiger partial charge in [0.15, 0.2) is 0 Å². The molecule has 0 bridgehead atoms. The zero-order valence-corrected chi connectivity index (χ0v) is 12.8. The highest BCUT2D eigenvalue weighted by atomic mass is 35.5. The first-order chi connectivity index (χ1) is 8.01. The molecule has 0 radical (unpaired) electrons. The zero-order chi connectivity index (χ0) is 12.5. The second kappa shape index (κ2) is 6.52. The smallest absolute Gasteiger partial charge is 0.282 e. The summed E-state index contributed by atoms with van der Waals surface area (Å²) in [6, 6.07) is 0.0631. The van der Waals surface area contributed by atoms with E-state index in [2.05, 4.69) is 12.2 Å². The summed E-state index contributed by atoms with van der Waals surface area (Å²) in [5.74, 6) is 0.655. The molecule has 0 aromatic heterocycles. The highest BCUT2D eigenvalue weighted by Gasteiger charge is 2.35. The van der Waals surface area contributed by atoms with Crippen LogP contribution in [0.4, 0.5) is 0 Å². The fraction of sp³-hybridized carbons (Fsp3) is 1.00. The second-order valence-corrected chi connectivity index (χ2v) is 7.13. The third-order valence-corrected chi connectivity index (χ3v) is 5.96. The minimum absolute atomic E-state index is 0. The number of piperidine rings is 1. The molecule has 2 heterocycles. The Kier molecular flexibility index (Phi) is 5.86. The van der Waals surface area contributed by atoms with Crippen molar-refractivity contribution in [2.45, 2.75) is 32.7 Å². The lowest BCUT2D eigenvalue weighted by molar-refractivity contribution is 0.230. The topological polar surface area (TPSA) is 52.7 Å². The molecule has 1 atom stereocenters. The van der Waals surface area contributed by atoms with Gasteiger partial charge in [0.2, 0.25) is 0 Å². The van der Waals surface area contributed by atoms with Gasteiger partial charge >= 0.3 is 0 Å². The minimum atomic E-state index is -3.23. The first-order valence-corrected chi connectivity index (χ1v) is 7.89. The number of piperazine rings is 1. The number of hydrogen-bond acceptors (Lipinski definition) is 3. The highest BCUT2D eigenvalue weighted by Crippen LogP contribution is 2.22. The van der Waals surface area contributed by atoms with Crippen molar-refractivity contribution in [3.05, 3.63) is 0 Å². The Bertz CT molecular complexity index is 355. The highest BCUT2D eigenvalue weighted by molar-refractivity contribution is 7.86. The average Bonchev–Trinajstić information content (AvgIpc) is 2.30. The molecule has 2 rings (SSSR count). The molecule has 1 N–H and O–H groups in total. The lowest BCUT2D eigenvalue weighted by Crippen LogP contribution is -2.57. The zero-order valence-electron chi connectivity index (χ0n) is 11.1. The predicted molar refractivity (Wildman–Crippen MR) is 75.2 cm³/mol. The summed E-state index contributed by atoms with van der Waals surface area (Å²) in [7, 11) is -3.23. The third-order valence-electron chi connectivity index (χ3n) is 3.81. The van der Waals surface area contributed by atoms with Crippen LogP contribution >= 0.6 is 12.4 Å². The second-order valence-electron chi connectivity index (χ2n) is 5.25.